The van der Waals surface area contributed by atoms with Gasteiger partial charge >= 0.3 is 5.97 Å². The predicted octanol–water partition coefficient (Wildman–Crippen LogP) is 7.63. The van der Waals surface area contributed by atoms with Crippen LogP contribution < -0.4 is 19.7 Å². The second-order valence-corrected chi connectivity index (χ2v) is 11.1. The molecule has 0 fully saturated rings. The van der Waals surface area contributed by atoms with E-state index in [9.17, 15) is 4.79 Å². The van der Waals surface area contributed by atoms with Crippen molar-refractivity contribution in [3.8, 4) is 22.9 Å². The Morgan fingerprint density at radius 1 is 0.833 bits per heavy atom. The first-order valence-corrected chi connectivity index (χ1v) is 15.2. The minimum absolute atomic E-state index is 0.0557. The van der Waals surface area contributed by atoms with E-state index in [0.717, 1.165) is 22.6 Å². The lowest BCUT2D eigenvalue weighted by Gasteiger charge is -2.25. The maximum atomic E-state index is 15.2. The molecule has 3 aromatic heterocycles. The zero-order valence-electron chi connectivity index (χ0n) is 26.3. The Labute approximate surface area is 281 Å². The Bertz CT molecular complexity index is 2030. The molecule has 0 aliphatic rings. The molecule has 48 heavy (non-hydrogen) atoms. The number of pyridine rings is 2. The Hall–Kier alpha value is -5.81. The maximum absolute atomic E-state index is 15.2. The van der Waals surface area contributed by atoms with Crippen molar-refractivity contribution in [2.75, 3.05) is 31.5 Å². The van der Waals surface area contributed by atoms with Gasteiger partial charge in [-0.05, 0) is 71.8 Å². The summed E-state index contributed by atoms with van der Waals surface area (Å²) in [4.78, 5) is 33.0. The molecule has 0 bridgehead atoms. The van der Waals surface area contributed by atoms with Gasteiger partial charge in [0.05, 0.1) is 38.0 Å². The van der Waals surface area contributed by atoms with Crippen LogP contribution in [-0.2, 0) is 17.8 Å². The molecule has 0 saturated heterocycles. The summed E-state index contributed by atoms with van der Waals surface area (Å²) >= 11 is 6.25. The van der Waals surface area contributed by atoms with Gasteiger partial charge in [-0.1, -0.05) is 35.9 Å². The molecule has 0 spiro atoms. The number of hydrogen-bond acceptors (Lipinski definition) is 10. The SMILES string of the molecule is COC(=O)c1cnccc1Nc1nc(-c2cc(Cl)ccc2F)nc2nc(N(Cc3ccc(OC)cc3)Cc3ccc(OC)cc3)ccc12. The number of anilines is 3. The minimum atomic E-state index is -0.585. The Balaban J connectivity index is 1.48. The van der Waals surface area contributed by atoms with Crippen molar-refractivity contribution in [1.82, 2.24) is 19.9 Å². The standard InChI is InChI=1S/C36H30ClFN6O4/c1-46-25-9-4-22(5-10-25)20-44(21-23-6-11-26(47-2)12-7-23)32-15-13-27-33(40-31-16-17-39-19-29(31)36(45)48-3)42-35(43-34(27)41-32)28-18-24(37)8-14-30(28)38/h4-19H,20-21H2,1-3H3,(H,39,40,41,42,43). The number of benzene rings is 3. The lowest BCUT2D eigenvalue weighted by Crippen LogP contribution is -2.23. The number of rotatable bonds is 11. The summed E-state index contributed by atoms with van der Waals surface area (Å²) in [5.74, 6) is 1.34. The number of ether oxygens (including phenoxy) is 3. The van der Waals surface area contributed by atoms with Crippen LogP contribution in [0.2, 0.25) is 5.02 Å². The summed E-state index contributed by atoms with van der Waals surface area (Å²) in [6, 6.07) is 25.1. The predicted molar refractivity (Wildman–Crippen MR) is 182 cm³/mol. The Morgan fingerprint density at radius 2 is 1.50 bits per heavy atom. The highest BCUT2D eigenvalue weighted by Gasteiger charge is 2.19. The molecule has 0 saturated carbocycles. The van der Waals surface area contributed by atoms with Gasteiger partial charge in [-0.25, -0.2) is 24.1 Å². The summed E-state index contributed by atoms with van der Waals surface area (Å²) < 4.78 is 30.8. The summed E-state index contributed by atoms with van der Waals surface area (Å²) in [5.41, 5.74) is 3.03. The maximum Gasteiger partial charge on any atom is 0.341 e. The molecule has 0 atom stereocenters. The first-order chi connectivity index (χ1) is 23.3. The van der Waals surface area contributed by atoms with Crippen LogP contribution in [-0.4, -0.2) is 47.2 Å². The van der Waals surface area contributed by atoms with Crippen LogP contribution in [0.15, 0.2) is 97.3 Å². The molecule has 242 valence electrons. The highest BCUT2D eigenvalue weighted by atomic mass is 35.5. The summed E-state index contributed by atoms with van der Waals surface area (Å²) in [6.45, 7) is 1.03. The van der Waals surface area contributed by atoms with E-state index in [1.807, 2.05) is 60.7 Å². The normalized spacial score (nSPS) is 10.9. The number of halogens is 2. The van der Waals surface area contributed by atoms with Crippen molar-refractivity contribution >= 4 is 45.9 Å². The van der Waals surface area contributed by atoms with Crippen molar-refractivity contribution in [1.29, 1.82) is 0 Å². The van der Waals surface area contributed by atoms with Crippen molar-refractivity contribution < 1.29 is 23.4 Å². The average Bonchev–Trinajstić information content (AvgIpc) is 3.12. The Kier molecular flexibility index (Phi) is 9.58. The third-order valence-corrected chi connectivity index (χ3v) is 7.82. The zero-order valence-corrected chi connectivity index (χ0v) is 27.0. The summed E-state index contributed by atoms with van der Waals surface area (Å²) in [7, 11) is 4.54. The smallest absolute Gasteiger partial charge is 0.341 e. The zero-order chi connectivity index (χ0) is 33.6. The van der Waals surface area contributed by atoms with Crippen LogP contribution in [0.25, 0.3) is 22.4 Å². The molecule has 6 aromatic rings. The van der Waals surface area contributed by atoms with E-state index < -0.39 is 11.8 Å². The average molecular weight is 665 g/mol. The number of carbonyl (C=O) groups excluding carboxylic acids is 1. The van der Waals surface area contributed by atoms with Gasteiger partial charge in [-0.3, -0.25) is 4.98 Å². The number of aromatic nitrogens is 4. The van der Waals surface area contributed by atoms with Gasteiger partial charge in [-0.2, -0.15) is 0 Å². The second kappa shape index (κ2) is 14.3. The molecule has 0 aliphatic carbocycles. The van der Waals surface area contributed by atoms with Gasteiger partial charge in [0.2, 0.25) is 0 Å². The lowest BCUT2D eigenvalue weighted by molar-refractivity contribution is 0.0601. The quantitative estimate of drug-likeness (QED) is 0.139. The largest absolute Gasteiger partial charge is 0.497 e. The van der Waals surface area contributed by atoms with E-state index in [4.69, 9.17) is 35.8 Å². The monoisotopic (exact) mass is 664 g/mol. The van der Waals surface area contributed by atoms with Gasteiger partial charge in [0.15, 0.2) is 11.5 Å². The van der Waals surface area contributed by atoms with Crippen molar-refractivity contribution in [3.05, 3.63) is 125 Å². The second-order valence-electron chi connectivity index (χ2n) is 10.7. The number of hydrogen-bond donors (Lipinski definition) is 1. The number of methoxy groups -OCH3 is 3. The van der Waals surface area contributed by atoms with E-state index >= 15 is 4.39 Å². The van der Waals surface area contributed by atoms with E-state index in [-0.39, 0.29) is 17.0 Å². The van der Waals surface area contributed by atoms with Gasteiger partial charge in [0, 0.05) is 30.5 Å². The molecule has 3 heterocycles. The Morgan fingerprint density at radius 3 is 2.12 bits per heavy atom. The first kappa shape index (κ1) is 32.1. The number of fused-ring (bicyclic) bond motifs is 1. The topological polar surface area (TPSA) is 112 Å². The minimum Gasteiger partial charge on any atom is -0.497 e. The van der Waals surface area contributed by atoms with Crippen LogP contribution in [0.5, 0.6) is 11.5 Å². The van der Waals surface area contributed by atoms with Gasteiger partial charge in [-0.15, -0.1) is 0 Å². The fraction of sp³-hybridized carbons (Fsp3) is 0.139. The molecular formula is C36H30ClFN6O4. The first-order valence-electron chi connectivity index (χ1n) is 14.8. The van der Waals surface area contributed by atoms with Crippen molar-refractivity contribution in [2.24, 2.45) is 0 Å². The molecule has 0 radical (unpaired) electrons. The fourth-order valence-corrected chi connectivity index (χ4v) is 5.26. The number of nitrogens with one attached hydrogen (secondary N) is 1. The van der Waals surface area contributed by atoms with E-state index in [2.05, 4.69) is 20.2 Å². The fourth-order valence-electron chi connectivity index (χ4n) is 5.08. The number of esters is 1. The third kappa shape index (κ3) is 7.11. The van der Waals surface area contributed by atoms with E-state index in [0.29, 0.717) is 46.5 Å². The molecule has 1 N–H and O–H groups in total. The summed E-state index contributed by atoms with van der Waals surface area (Å²) in [6.07, 6.45) is 2.92. The molecule has 6 rings (SSSR count). The number of nitrogens with zero attached hydrogens (tertiary/aromatic N) is 5. The van der Waals surface area contributed by atoms with E-state index in [1.165, 1.54) is 37.7 Å². The van der Waals surface area contributed by atoms with Crippen LogP contribution in [0.3, 0.4) is 0 Å². The van der Waals surface area contributed by atoms with Crippen molar-refractivity contribution in [2.45, 2.75) is 13.1 Å². The molecule has 0 unspecified atom stereocenters. The van der Waals surface area contributed by atoms with Crippen molar-refractivity contribution in [3.63, 3.8) is 0 Å². The van der Waals surface area contributed by atoms with Crippen LogP contribution in [0, 0.1) is 5.82 Å². The molecule has 0 aliphatic heterocycles. The van der Waals surface area contributed by atoms with Crippen LogP contribution in [0.4, 0.5) is 21.7 Å². The highest BCUT2D eigenvalue weighted by Crippen LogP contribution is 2.32. The molecule has 10 nitrogen and oxygen atoms in total. The van der Waals surface area contributed by atoms with Gasteiger partial charge < -0.3 is 24.4 Å². The van der Waals surface area contributed by atoms with Gasteiger partial charge in [0.25, 0.3) is 0 Å². The number of carbonyl (C=O) groups is 1. The molecule has 0 amide bonds. The third-order valence-electron chi connectivity index (χ3n) is 7.58. The van der Waals surface area contributed by atoms with E-state index in [1.54, 1.807) is 20.3 Å². The molecular weight excluding hydrogens is 635 g/mol. The van der Waals surface area contributed by atoms with Crippen LogP contribution in [0.1, 0.15) is 21.5 Å². The summed E-state index contributed by atoms with van der Waals surface area (Å²) in [5, 5.41) is 4.05. The molecule has 12 heteroatoms. The van der Waals surface area contributed by atoms with Crippen LogP contribution >= 0.6 is 11.6 Å². The highest BCUT2D eigenvalue weighted by molar-refractivity contribution is 6.30. The lowest BCUT2D eigenvalue weighted by atomic mass is 10.1. The molecule has 3 aromatic carbocycles. The van der Waals surface area contributed by atoms with Gasteiger partial charge in [0.1, 0.15) is 34.5 Å².